The third-order valence-corrected chi connectivity index (χ3v) is 0.348. The van der Waals surface area contributed by atoms with Crippen LogP contribution in [0, 0.1) is 11.3 Å². The monoisotopic (exact) mass is 175 g/mol. The smallest absolute Gasteiger partial charge is 0.302 e. The van der Waals surface area contributed by atoms with Crippen LogP contribution in [0.4, 0.5) is 0 Å². The minimum Gasteiger partial charge on any atom is -0.466 e. The number of nitriles is 1. The lowest BCUT2D eigenvalue weighted by Crippen LogP contribution is -1.95. The van der Waals surface area contributed by atoms with Crippen LogP contribution in [0.2, 0.25) is 0 Å². The maximum Gasteiger partial charge on any atom is 0.302 e. The molecule has 0 aliphatic carbocycles. The largest absolute Gasteiger partial charge is 0.466 e. The molecule has 0 amide bonds. The van der Waals surface area contributed by atoms with Crippen LogP contribution in [0.3, 0.4) is 0 Å². The van der Waals surface area contributed by atoms with Gasteiger partial charge in [-0.2, -0.15) is 5.26 Å². The molecule has 0 aliphatic rings. The fourth-order valence-corrected chi connectivity index (χ4v) is 0.203. The number of aliphatic hydroxyl groups is 1. The van der Waals surface area contributed by atoms with Crippen LogP contribution < -0.4 is 0 Å². The highest BCUT2D eigenvalue weighted by Crippen LogP contribution is 1.69. The second-order valence-corrected chi connectivity index (χ2v) is 1.46. The van der Waals surface area contributed by atoms with Gasteiger partial charge in [-0.25, -0.2) is 0 Å². The van der Waals surface area contributed by atoms with E-state index in [-0.39, 0.29) is 12.6 Å². The van der Waals surface area contributed by atoms with Gasteiger partial charge in [-0.05, 0) is 13.8 Å². The third kappa shape index (κ3) is 152. The Hall–Kier alpha value is -1.08. The van der Waals surface area contributed by atoms with Gasteiger partial charge in [0, 0.05) is 20.5 Å². The van der Waals surface area contributed by atoms with Gasteiger partial charge in [0.05, 0.1) is 12.7 Å². The van der Waals surface area contributed by atoms with Crippen LogP contribution in [0.15, 0.2) is 0 Å². The Bertz CT molecular complexity index is 118. The summed E-state index contributed by atoms with van der Waals surface area (Å²) in [7, 11) is 0. The molecule has 0 aromatic carbocycles. The van der Waals surface area contributed by atoms with Crippen molar-refractivity contribution in [1.82, 2.24) is 0 Å². The van der Waals surface area contributed by atoms with Gasteiger partial charge in [-0.15, -0.1) is 0 Å². The molecule has 0 saturated carbocycles. The first kappa shape index (κ1) is 17.1. The molecule has 0 rings (SSSR count). The van der Waals surface area contributed by atoms with Crippen molar-refractivity contribution in [2.24, 2.45) is 0 Å². The van der Waals surface area contributed by atoms with Crippen LogP contribution >= 0.6 is 0 Å². The van der Waals surface area contributed by atoms with Crippen molar-refractivity contribution in [3.63, 3.8) is 0 Å². The molecule has 0 bridgehead atoms. The maximum absolute atomic E-state index is 9.82. The number of hydrogen-bond acceptors (Lipinski definition) is 4. The maximum atomic E-state index is 9.82. The molecule has 0 atom stereocenters. The molecule has 72 valence electrons. The lowest BCUT2D eigenvalue weighted by Gasteiger charge is -1.89. The first-order valence-corrected chi connectivity index (χ1v) is 3.65. The standard InChI is InChI=1S/C4H8O2.C2H3N.C2H6O/c1-3-6-4(2)5;2*1-2-3/h3H2,1-2H3;1H3;3H,2H2,1H3. The number of carbonyl (C=O) groups excluding carboxylic acids is 1. The van der Waals surface area contributed by atoms with Crippen LogP contribution in [0.1, 0.15) is 27.7 Å². The van der Waals surface area contributed by atoms with Crippen molar-refractivity contribution in [1.29, 1.82) is 5.26 Å². The molecule has 12 heavy (non-hydrogen) atoms. The molecule has 0 saturated heterocycles. The van der Waals surface area contributed by atoms with E-state index in [0.29, 0.717) is 6.61 Å². The molecule has 0 heterocycles. The number of carbonyl (C=O) groups is 1. The number of hydrogen-bond donors (Lipinski definition) is 1. The number of nitrogens with zero attached hydrogens (tertiary/aromatic N) is 1. The summed E-state index contributed by atoms with van der Waals surface area (Å²) in [5.74, 6) is -0.211. The first-order chi connectivity index (χ1) is 5.60. The summed E-state index contributed by atoms with van der Waals surface area (Å²) in [6, 6.07) is 1.75. The first-order valence-electron chi connectivity index (χ1n) is 3.65. The summed E-state index contributed by atoms with van der Waals surface area (Å²) in [4.78, 5) is 9.82. The highest BCUT2D eigenvalue weighted by molar-refractivity contribution is 5.65. The van der Waals surface area contributed by atoms with Crippen molar-refractivity contribution < 1.29 is 14.6 Å². The minimum absolute atomic E-state index is 0.211. The topological polar surface area (TPSA) is 70.3 Å². The molecule has 0 spiro atoms. The zero-order valence-corrected chi connectivity index (χ0v) is 8.13. The Labute approximate surface area is 73.8 Å². The highest BCUT2D eigenvalue weighted by atomic mass is 16.5. The zero-order chi connectivity index (χ0) is 10.4. The number of aliphatic hydroxyl groups excluding tert-OH is 1. The Morgan fingerprint density at radius 2 is 1.83 bits per heavy atom. The molecule has 0 fully saturated rings. The average Bonchev–Trinajstić information content (AvgIpc) is 1.89. The molecule has 0 aromatic rings. The number of rotatable bonds is 1. The Morgan fingerprint density at radius 3 is 1.83 bits per heavy atom. The van der Waals surface area contributed by atoms with Gasteiger partial charge in [0.2, 0.25) is 0 Å². The van der Waals surface area contributed by atoms with Gasteiger partial charge < -0.3 is 9.84 Å². The van der Waals surface area contributed by atoms with Crippen molar-refractivity contribution >= 4 is 5.97 Å². The Morgan fingerprint density at radius 1 is 1.58 bits per heavy atom. The molecule has 4 heteroatoms. The molecular formula is C8H17NO3. The fourth-order valence-electron chi connectivity index (χ4n) is 0.203. The summed E-state index contributed by atoms with van der Waals surface area (Å²) in [6.07, 6.45) is 0. The van der Waals surface area contributed by atoms with E-state index in [2.05, 4.69) is 4.74 Å². The SMILES string of the molecule is CC#N.CCO.CCOC(C)=O. The fraction of sp³-hybridized carbons (Fsp3) is 0.750. The van der Waals surface area contributed by atoms with Crippen molar-refractivity contribution in [2.45, 2.75) is 27.7 Å². The summed E-state index contributed by atoms with van der Waals surface area (Å²) < 4.78 is 4.40. The summed E-state index contributed by atoms with van der Waals surface area (Å²) in [5, 5.41) is 14.9. The Kier molecular flexibility index (Phi) is 32.2. The van der Waals surface area contributed by atoms with Gasteiger partial charge >= 0.3 is 5.97 Å². The van der Waals surface area contributed by atoms with Gasteiger partial charge in [-0.3, -0.25) is 4.79 Å². The quantitative estimate of drug-likeness (QED) is 0.606. The van der Waals surface area contributed by atoms with Crippen molar-refractivity contribution in [3.8, 4) is 6.07 Å². The highest BCUT2D eigenvalue weighted by Gasteiger charge is 1.81. The van der Waals surface area contributed by atoms with Gasteiger partial charge in [0.25, 0.3) is 0 Å². The predicted molar refractivity (Wildman–Crippen MR) is 46.4 cm³/mol. The average molecular weight is 175 g/mol. The van der Waals surface area contributed by atoms with E-state index in [9.17, 15) is 4.79 Å². The number of ether oxygens (including phenoxy) is 1. The molecule has 0 unspecified atom stereocenters. The van der Waals surface area contributed by atoms with Crippen LogP contribution in [-0.4, -0.2) is 24.3 Å². The lowest BCUT2D eigenvalue weighted by molar-refractivity contribution is -0.140. The van der Waals surface area contributed by atoms with Crippen molar-refractivity contribution in [2.75, 3.05) is 13.2 Å². The van der Waals surface area contributed by atoms with E-state index >= 15 is 0 Å². The molecule has 0 aromatic heterocycles. The normalized spacial score (nSPS) is 6.00. The molecule has 0 radical (unpaired) electrons. The van der Waals surface area contributed by atoms with Gasteiger partial charge in [0.15, 0.2) is 0 Å². The summed E-state index contributed by atoms with van der Waals surface area (Å²) in [6.45, 7) is 7.01. The van der Waals surface area contributed by atoms with Gasteiger partial charge in [0.1, 0.15) is 0 Å². The van der Waals surface area contributed by atoms with Crippen LogP contribution in [-0.2, 0) is 9.53 Å². The number of esters is 1. The second kappa shape index (κ2) is 22.5. The summed E-state index contributed by atoms with van der Waals surface area (Å²) >= 11 is 0. The van der Waals surface area contributed by atoms with Gasteiger partial charge in [-0.1, -0.05) is 0 Å². The predicted octanol–water partition coefficient (Wildman–Crippen LogP) is 1.10. The molecule has 1 N–H and O–H groups in total. The minimum atomic E-state index is -0.211. The van der Waals surface area contributed by atoms with E-state index in [1.807, 2.05) is 0 Å². The van der Waals surface area contributed by atoms with Crippen molar-refractivity contribution in [3.05, 3.63) is 0 Å². The lowest BCUT2D eigenvalue weighted by atomic mass is 10.8. The Balaban J connectivity index is -0.000000115. The third-order valence-electron chi connectivity index (χ3n) is 0.348. The second-order valence-electron chi connectivity index (χ2n) is 1.46. The molecular weight excluding hydrogens is 158 g/mol. The van der Waals surface area contributed by atoms with E-state index in [1.165, 1.54) is 13.8 Å². The van der Waals surface area contributed by atoms with Crippen LogP contribution in [0.5, 0.6) is 0 Å². The van der Waals surface area contributed by atoms with E-state index in [0.717, 1.165) is 0 Å². The molecule has 0 aliphatic heterocycles. The van der Waals surface area contributed by atoms with E-state index in [1.54, 1.807) is 19.9 Å². The zero-order valence-electron chi connectivity index (χ0n) is 8.13. The molecule has 4 nitrogen and oxygen atoms in total. The van der Waals surface area contributed by atoms with E-state index < -0.39 is 0 Å². The van der Waals surface area contributed by atoms with Crippen LogP contribution in [0.25, 0.3) is 0 Å². The van der Waals surface area contributed by atoms with E-state index in [4.69, 9.17) is 10.4 Å². The summed E-state index contributed by atoms with van der Waals surface area (Å²) in [5.41, 5.74) is 0.